The first-order valence-corrected chi connectivity index (χ1v) is 4.95. The van der Waals surface area contributed by atoms with Crippen molar-refractivity contribution in [3.05, 3.63) is 30.3 Å². The Morgan fingerprint density at radius 2 is 2.08 bits per heavy atom. The first-order valence-electron chi connectivity index (χ1n) is 3.97. The fourth-order valence-electron chi connectivity index (χ4n) is 0.786. The van der Waals surface area contributed by atoms with E-state index in [-0.39, 0.29) is 0 Å². The zero-order valence-electron chi connectivity index (χ0n) is 7.16. The molecule has 1 aromatic rings. The van der Waals surface area contributed by atoms with Crippen molar-refractivity contribution in [2.45, 2.75) is 17.9 Å². The molecule has 0 bridgehead atoms. The Kier molecular flexibility index (Phi) is 4.14. The summed E-state index contributed by atoms with van der Waals surface area (Å²) in [6.45, 7) is 2.07. The fraction of sp³-hybridized carbons (Fsp3) is 0.333. The van der Waals surface area contributed by atoms with Gasteiger partial charge in [0.1, 0.15) is 0 Å². The lowest BCUT2D eigenvalue weighted by atomic mass is 10.4. The van der Waals surface area contributed by atoms with Gasteiger partial charge in [-0.2, -0.15) is 0 Å². The molecular formula is C9H14N2S. The van der Waals surface area contributed by atoms with Gasteiger partial charge in [-0.3, -0.25) is 11.3 Å². The van der Waals surface area contributed by atoms with E-state index in [4.69, 9.17) is 5.84 Å². The van der Waals surface area contributed by atoms with Crippen molar-refractivity contribution in [1.82, 2.24) is 5.43 Å². The van der Waals surface area contributed by atoms with E-state index in [0.717, 1.165) is 5.75 Å². The number of rotatable bonds is 4. The Morgan fingerprint density at radius 3 is 2.67 bits per heavy atom. The Morgan fingerprint density at radius 1 is 1.42 bits per heavy atom. The van der Waals surface area contributed by atoms with Crippen LogP contribution >= 0.6 is 11.8 Å². The van der Waals surface area contributed by atoms with E-state index in [1.165, 1.54) is 4.90 Å². The molecule has 1 unspecified atom stereocenters. The summed E-state index contributed by atoms with van der Waals surface area (Å²) in [5.74, 6) is 6.27. The van der Waals surface area contributed by atoms with Gasteiger partial charge in [0.05, 0.1) is 0 Å². The van der Waals surface area contributed by atoms with Gasteiger partial charge >= 0.3 is 0 Å². The highest BCUT2D eigenvalue weighted by Crippen LogP contribution is 2.17. The van der Waals surface area contributed by atoms with Gasteiger partial charge in [0.15, 0.2) is 0 Å². The highest BCUT2D eigenvalue weighted by atomic mass is 32.2. The average Bonchev–Trinajstić information content (AvgIpc) is 2.16. The number of hydrogen-bond donors (Lipinski definition) is 2. The monoisotopic (exact) mass is 182 g/mol. The maximum atomic E-state index is 5.27. The lowest BCUT2D eigenvalue weighted by Crippen LogP contribution is -2.34. The predicted molar refractivity (Wildman–Crippen MR) is 54.0 cm³/mol. The summed E-state index contributed by atoms with van der Waals surface area (Å²) in [7, 11) is 0. The lowest BCUT2D eigenvalue weighted by Gasteiger charge is -2.08. The minimum Gasteiger partial charge on any atom is -0.271 e. The summed E-state index contributed by atoms with van der Waals surface area (Å²) < 4.78 is 0. The molecule has 1 rings (SSSR count). The van der Waals surface area contributed by atoms with Gasteiger partial charge < -0.3 is 0 Å². The Labute approximate surface area is 77.5 Å². The van der Waals surface area contributed by atoms with Gasteiger partial charge in [0.2, 0.25) is 0 Å². The van der Waals surface area contributed by atoms with Crippen molar-refractivity contribution in [2.75, 3.05) is 5.75 Å². The second-order valence-corrected chi connectivity index (χ2v) is 3.79. The smallest absolute Gasteiger partial charge is 0.0276 e. The molecule has 1 atom stereocenters. The standard InChI is InChI=1S/C9H14N2S/c1-8(11-10)7-12-9-5-3-2-4-6-9/h2-6,8,11H,7,10H2,1H3. The number of benzene rings is 1. The Hall–Kier alpha value is -0.510. The van der Waals surface area contributed by atoms with Crippen molar-refractivity contribution < 1.29 is 0 Å². The highest BCUT2D eigenvalue weighted by Gasteiger charge is 1.98. The lowest BCUT2D eigenvalue weighted by molar-refractivity contribution is 0.625. The summed E-state index contributed by atoms with van der Waals surface area (Å²) >= 11 is 1.81. The molecular weight excluding hydrogens is 168 g/mol. The maximum absolute atomic E-state index is 5.27. The van der Waals surface area contributed by atoms with Gasteiger partial charge in [-0.25, -0.2) is 0 Å². The second kappa shape index (κ2) is 5.19. The van der Waals surface area contributed by atoms with Gasteiger partial charge in [0, 0.05) is 16.7 Å². The van der Waals surface area contributed by atoms with E-state index in [2.05, 4.69) is 24.5 Å². The third kappa shape index (κ3) is 3.26. The van der Waals surface area contributed by atoms with Gasteiger partial charge in [-0.15, -0.1) is 11.8 Å². The van der Waals surface area contributed by atoms with Crippen LogP contribution in [0.3, 0.4) is 0 Å². The molecule has 0 amide bonds. The molecule has 0 fully saturated rings. The number of hydrogen-bond acceptors (Lipinski definition) is 3. The summed E-state index contributed by atoms with van der Waals surface area (Å²) in [4.78, 5) is 1.29. The fourth-order valence-corrected chi connectivity index (χ4v) is 1.67. The molecule has 0 aliphatic rings. The van der Waals surface area contributed by atoms with Gasteiger partial charge in [0.25, 0.3) is 0 Å². The molecule has 3 N–H and O–H groups in total. The van der Waals surface area contributed by atoms with Gasteiger partial charge in [-0.1, -0.05) is 18.2 Å². The quantitative estimate of drug-likeness (QED) is 0.422. The Bertz CT molecular complexity index is 213. The molecule has 0 aliphatic carbocycles. The largest absolute Gasteiger partial charge is 0.271 e. The van der Waals surface area contributed by atoms with E-state index in [0.29, 0.717) is 6.04 Å². The van der Waals surface area contributed by atoms with E-state index in [9.17, 15) is 0 Å². The predicted octanol–water partition coefficient (Wildman–Crippen LogP) is 1.63. The number of nitrogens with two attached hydrogens (primary N) is 1. The molecule has 0 saturated heterocycles. The first-order chi connectivity index (χ1) is 5.83. The molecule has 3 heteroatoms. The minimum absolute atomic E-state index is 0.357. The number of nitrogens with one attached hydrogen (secondary N) is 1. The molecule has 0 aromatic heterocycles. The van der Waals surface area contributed by atoms with E-state index < -0.39 is 0 Å². The van der Waals surface area contributed by atoms with Crippen LogP contribution in [0.25, 0.3) is 0 Å². The molecule has 0 heterocycles. The number of hydrazine groups is 1. The van der Waals surface area contributed by atoms with E-state index in [1.807, 2.05) is 30.0 Å². The van der Waals surface area contributed by atoms with Crippen LogP contribution in [0.1, 0.15) is 6.92 Å². The minimum atomic E-state index is 0.357. The van der Waals surface area contributed by atoms with Crippen LogP contribution < -0.4 is 11.3 Å². The van der Waals surface area contributed by atoms with Gasteiger partial charge in [-0.05, 0) is 19.1 Å². The molecule has 2 nitrogen and oxygen atoms in total. The second-order valence-electron chi connectivity index (χ2n) is 2.69. The van der Waals surface area contributed by atoms with Crippen LogP contribution in [-0.2, 0) is 0 Å². The number of thioether (sulfide) groups is 1. The van der Waals surface area contributed by atoms with Crippen molar-refractivity contribution >= 4 is 11.8 Å². The highest BCUT2D eigenvalue weighted by molar-refractivity contribution is 7.99. The van der Waals surface area contributed by atoms with Crippen molar-refractivity contribution in [3.63, 3.8) is 0 Å². The van der Waals surface area contributed by atoms with Crippen molar-refractivity contribution in [1.29, 1.82) is 0 Å². The van der Waals surface area contributed by atoms with Crippen LogP contribution in [0.4, 0.5) is 0 Å². The zero-order chi connectivity index (χ0) is 8.81. The third-order valence-electron chi connectivity index (χ3n) is 1.53. The van der Waals surface area contributed by atoms with Crippen LogP contribution in [0.15, 0.2) is 35.2 Å². The molecule has 0 aliphatic heterocycles. The van der Waals surface area contributed by atoms with Crippen LogP contribution in [0.2, 0.25) is 0 Å². The van der Waals surface area contributed by atoms with Crippen molar-refractivity contribution in [2.24, 2.45) is 5.84 Å². The molecule has 12 heavy (non-hydrogen) atoms. The summed E-state index contributed by atoms with van der Waals surface area (Å²) in [5.41, 5.74) is 2.71. The van der Waals surface area contributed by atoms with Crippen molar-refractivity contribution in [3.8, 4) is 0 Å². The van der Waals surface area contributed by atoms with Crippen LogP contribution in [-0.4, -0.2) is 11.8 Å². The molecule has 66 valence electrons. The van der Waals surface area contributed by atoms with E-state index >= 15 is 0 Å². The normalized spacial score (nSPS) is 12.8. The molecule has 0 saturated carbocycles. The third-order valence-corrected chi connectivity index (χ3v) is 2.80. The van der Waals surface area contributed by atoms with Crippen LogP contribution in [0, 0.1) is 0 Å². The summed E-state index contributed by atoms with van der Waals surface area (Å²) in [6, 6.07) is 10.7. The average molecular weight is 182 g/mol. The summed E-state index contributed by atoms with van der Waals surface area (Å²) in [6.07, 6.45) is 0. The zero-order valence-corrected chi connectivity index (χ0v) is 7.97. The first kappa shape index (κ1) is 9.58. The Balaban J connectivity index is 2.33. The molecule has 0 radical (unpaired) electrons. The maximum Gasteiger partial charge on any atom is 0.0276 e. The van der Waals surface area contributed by atoms with E-state index in [1.54, 1.807) is 0 Å². The van der Waals surface area contributed by atoms with Crippen LogP contribution in [0.5, 0.6) is 0 Å². The molecule has 1 aromatic carbocycles. The topological polar surface area (TPSA) is 38.0 Å². The summed E-state index contributed by atoms with van der Waals surface area (Å²) in [5, 5.41) is 0. The molecule has 0 spiro atoms. The SMILES string of the molecule is CC(CSc1ccccc1)NN.